The van der Waals surface area contributed by atoms with Gasteiger partial charge in [0.25, 0.3) is 16.1 Å². The fraction of sp³-hybridized carbons (Fsp3) is 0.706. The van der Waals surface area contributed by atoms with Crippen LogP contribution < -0.4 is 0 Å². The first kappa shape index (κ1) is 19.3. The summed E-state index contributed by atoms with van der Waals surface area (Å²) in [6, 6.07) is 3.71. The van der Waals surface area contributed by atoms with Crippen molar-refractivity contribution < 1.29 is 17.6 Å². The van der Waals surface area contributed by atoms with Gasteiger partial charge in [0.05, 0.1) is 6.54 Å². The van der Waals surface area contributed by atoms with Crippen molar-refractivity contribution in [3.05, 3.63) is 23.7 Å². The lowest BCUT2D eigenvalue weighted by Gasteiger charge is -2.35. The standard InChI is InChI=1S/C17H28N4O4S/c1-18(2)17(22)16-8-7-15(25-16)12-20-9-13-5-6-14(20)11-21(10-13)26(23,24)19(3)4/h7-8,13-14H,5-6,9-12H2,1-4H3/t13-,14-/m1/s1. The molecule has 0 aliphatic carbocycles. The SMILES string of the molecule is CN(C)C(=O)c1ccc(CN2C[C@H]3CC[C@@H]2CN(S(=O)(=O)N(C)C)C3)o1. The molecule has 3 aliphatic rings. The highest BCUT2D eigenvalue weighted by atomic mass is 32.2. The molecule has 2 bridgehead atoms. The van der Waals surface area contributed by atoms with Crippen LogP contribution in [0.2, 0.25) is 0 Å². The molecule has 0 aromatic carbocycles. The fourth-order valence-electron chi connectivity index (χ4n) is 3.75. The van der Waals surface area contributed by atoms with Gasteiger partial charge in [-0.1, -0.05) is 0 Å². The van der Waals surface area contributed by atoms with Gasteiger partial charge in [-0.2, -0.15) is 17.0 Å². The van der Waals surface area contributed by atoms with Crippen LogP contribution in [0.5, 0.6) is 0 Å². The van der Waals surface area contributed by atoms with E-state index in [1.54, 1.807) is 38.6 Å². The van der Waals surface area contributed by atoms with Crippen LogP contribution in [0.1, 0.15) is 29.2 Å². The van der Waals surface area contributed by atoms with Crippen molar-refractivity contribution in [3.63, 3.8) is 0 Å². The predicted octanol–water partition coefficient (Wildman–Crippen LogP) is 0.684. The van der Waals surface area contributed by atoms with Crippen LogP contribution in [0.15, 0.2) is 16.5 Å². The Bertz CT molecular complexity index is 759. The molecule has 8 nitrogen and oxygen atoms in total. The Kier molecular flexibility index (Phi) is 5.43. The molecule has 1 aromatic rings. The number of furan rings is 1. The summed E-state index contributed by atoms with van der Waals surface area (Å²) in [6.45, 7) is 2.51. The van der Waals surface area contributed by atoms with Crippen molar-refractivity contribution in [2.75, 3.05) is 47.8 Å². The van der Waals surface area contributed by atoms with Gasteiger partial charge in [0, 0.05) is 53.9 Å². The van der Waals surface area contributed by atoms with Crippen LogP contribution in [0.4, 0.5) is 0 Å². The van der Waals surface area contributed by atoms with E-state index in [2.05, 4.69) is 4.90 Å². The molecule has 9 heteroatoms. The summed E-state index contributed by atoms with van der Waals surface area (Å²) in [4.78, 5) is 15.8. The Morgan fingerprint density at radius 2 is 1.88 bits per heavy atom. The molecule has 0 N–H and O–H groups in total. The third-order valence-electron chi connectivity index (χ3n) is 5.22. The van der Waals surface area contributed by atoms with Crippen LogP contribution in [0.3, 0.4) is 0 Å². The van der Waals surface area contributed by atoms with E-state index in [0.29, 0.717) is 31.3 Å². The van der Waals surface area contributed by atoms with Crippen molar-refractivity contribution in [2.45, 2.75) is 25.4 Å². The van der Waals surface area contributed by atoms with Gasteiger partial charge in [0.1, 0.15) is 5.76 Å². The van der Waals surface area contributed by atoms with Gasteiger partial charge in [-0.3, -0.25) is 9.69 Å². The maximum absolute atomic E-state index is 12.5. The average molecular weight is 385 g/mol. The molecule has 3 fully saturated rings. The number of carbonyl (C=O) groups is 1. The van der Waals surface area contributed by atoms with Crippen molar-refractivity contribution in [1.82, 2.24) is 18.4 Å². The van der Waals surface area contributed by atoms with Crippen LogP contribution in [0.25, 0.3) is 0 Å². The normalized spacial score (nSPS) is 24.8. The van der Waals surface area contributed by atoms with Crippen molar-refractivity contribution in [1.29, 1.82) is 0 Å². The third-order valence-corrected chi connectivity index (χ3v) is 7.09. The summed E-state index contributed by atoms with van der Waals surface area (Å²) in [7, 11) is 3.14. The first-order valence-corrected chi connectivity index (χ1v) is 10.3. The van der Waals surface area contributed by atoms with Crippen molar-refractivity contribution >= 4 is 16.1 Å². The van der Waals surface area contributed by atoms with E-state index in [4.69, 9.17) is 4.42 Å². The molecule has 0 radical (unpaired) electrons. The third kappa shape index (κ3) is 3.80. The second-order valence-electron chi connectivity index (χ2n) is 7.60. The fourth-order valence-corrected chi connectivity index (χ4v) is 4.97. The summed E-state index contributed by atoms with van der Waals surface area (Å²) in [5, 5.41) is 0. The molecule has 3 saturated heterocycles. The van der Waals surface area contributed by atoms with E-state index in [0.717, 1.165) is 25.1 Å². The molecule has 146 valence electrons. The van der Waals surface area contributed by atoms with E-state index >= 15 is 0 Å². The van der Waals surface area contributed by atoms with Gasteiger partial charge in [0.2, 0.25) is 0 Å². The number of carbonyl (C=O) groups excluding carboxylic acids is 1. The van der Waals surface area contributed by atoms with Gasteiger partial charge in [0.15, 0.2) is 5.76 Å². The van der Waals surface area contributed by atoms with E-state index < -0.39 is 10.2 Å². The lowest BCUT2D eigenvalue weighted by molar-refractivity contribution is 0.0786. The zero-order chi connectivity index (χ0) is 19.1. The van der Waals surface area contributed by atoms with E-state index in [1.165, 1.54) is 9.21 Å². The number of nitrogens with zero attached hydrogens (tertiary/aromatic N) is 4. The highest BCUT2D eigenvalue weighted by Crippen LogP contribution is 2.31. The smallest absolute Gasteiger partial charge is 0.289 e. The van der Waals surface area contributed by atoms with Crippen molar-refractivity contribution in [3.8, 4) is 0 Å². The Morgan fingerprint density at radius 1 is 1.15 bits per heavy atom. The second kappa shape index (κ2) is 7.30. The minimum atomic E-state index is -3.40. The summed E-state index contributed by atoms with van der Waals surface area (Å²) in [5.74, 6) is 1.24. The molecule has 0 unspecified atom stereocenters. The number of rotatable bonds is 5. The van der Waals surface area contributed by atoms with Crippen molar-refractivity contribution in [2.24, 2.45) is 5.92 Å². The number of fused-ring (bicyclic) bond motifs is 4. The first-order chi connectivity index (χ1) is 12.2. The number of hydrogen-bond donors (Lipinski definition) is 0. The zero-order valence-corrected chi connectivity index (χ0v) is 16.7. The maximum atomic E-state index is 12.5. The molecular formula is C17H28N4O4S. The molecule has 2 atom stereocenters. The molecule has 1 aromatic heterocycles. The van der Waals surface area contributed by atoms with Crippen LogP contribution in [-0.2, 0) is 16.8 Å². The summed E-state index contributed by atoms with van der Waals surface area (Å²) < 4.78 is 33.7. The van der Waals surface area contributed by atoms with Crippen LogP contribution in [-0.4, -0.2) is 86.6 Å². The van der Waals surface area contributed by atoms with Crippen LogP contribution in [0, 0.1) is 5.92 Å². The van der Waals surface area contributed by atoms with Gasteiger partial charge in [-0.25, -0.2) is 0 Å². The number of piperidine rings is 1. The molecule has 1 amide bonds. The number of hydrogen-bond acceptors (Lipinski definition) is 5. The Balaban J connectivity index is 1.72. The van der Waals surface area contributed by atoms with E-state index in [-0.39, 0.29) is 11.9 Å². The highest BCUT2D eigenvalue weighted by Gasteiger charge is 2.39. The monoisotopic (exact) mass is 384 g/mol. The summed E-state index contributed by atoms with van der Waals surface area (Å²) in [5.41, 5.74) is 0. The van der Waals surface area contributed by atoms with Crippen LogP contribution >= 0.6 is 0 Å². The van der Waals surface area contributed by atoms with Gasteiger partial charge >= 0.3 is 0 Å². The molecule has 26 heavy (non-hydrogen) atoms. The van der Waals surface area contributed by atoms with E-state index in [9.17, 15) is 13.2 Å². The number of amides is 1. The maximum Gasteiger partial charge on any atom is 0.289 e. The lowest BCUT2D eigenvalue weighted by Crippen LogP contribution is -2.45. The Morgan fingerprint density at radius 3 is 2.54 bits per heavy atom. The quantitative estimate of drug-likeness (QED) is 0.746. The Labute approximate surface area is 155 Å². The first-order valence-electron chi connectivity index (χ1n) is 8.90. The predicted molar refractivity (Wildman–Crippen MR) is 97.8 cm³/mol. The minimum absolute atomic E-state index is 0.156. The van der Waals surface area contributed by atoms with E-state index in [1.807, 2.05) is 6.07 Å². The van der Waals surface area contributed by atoms with Gasteiger partial charge in [-0.15, -0.1) is 0 Å². The van der Waals surface area contributed by atoms with Gasteiger partial charge < -0.3 is 9.32 Å². The highest BCUT2D eigenvalue weighted by molar-refractivity contribution is 7.86. The van der Waals surface area contributed by atoms with Gasteiger partial charge in [-0.05, 0) is 30.9 Å². The lowest BCUT2D eigenvalue weighted by atomic mass is 9.95. The molecule has 4 heterocycles. The molecule has 0 saturated carbocycles. The largest absolute Gasteiger partial charge is 0.455 e. The average Bonchev–Trinajstić information content (AvgIpc) is 2.83. The molecule has 3 aliphatic heterocycles. The second-order valence-corrected chi connectivity index (χ2v) is 9.74. The topological polar surface area (TPSA) is 77.3 Å². The molecule has 0 spiro atoms. The Hall–Kier alpha value is -1.42. The summed E-state index contributed by atoms with van der Waals surface area (Å²) in [6.07, 6.45) is 2.03. The summed E-state index contributed by atoms with van der Waals surface area (Å²) >= 11 is 0. The molecular weight excluding hydrogens is 356 g/mol. The zero-order valence-electron chi connectivity index (χ0n) is 15.9. The molecule has 4 rings (SSSR count). The minimum Gasteiger partial charge on any atom is -0.455 e.